The molecule has 3 unspecified atom stereocenters. The Balaban J connectivity index is 1.94. The molecule has 0 aromatic heterocycles. The van der Waals surface area contributed by atoms with Crippen molar-refractivity contribution in [3.63, 3.8) is 0 Å². The van der Waals surface area contributed by atoms with E-state index in [1.807, 2.05) is 0 Å². The molecule has 1 aliphatic carbocycles. The lowest BCUT2D eigenvalue weighted by molar-refractivity contribution is 0.415. The van der Waals surface area contributed by atoms with Gasteiger partial charge in [-0.3, -0.25) is 0 Å². The molecule has 3 atom stereocenters. The van der Waals surface area contributed by atoms with Gasteiger partial charge in [0.15, 0.2) is 0 Å². The number of hydrogen-bond donors (Lipinski definition) is 1. The van der Waals surface area contributed by atoms with E-state index in [0.717, 1.165) is 22.7 Å². The van der Waals surface area contributed by atoms with Crippen LogP contribution in [-0.2, 0) is 6.42 Å². The minimum absolute atomic E-state index is 0.333. The maximum atomic E-state index is 6.31. The van der Waals surface area contributed by atoms with Gasteiger partial charge >= 0.3 is 0 Å². The largest absolute Gasteiger partial charge is 0.327 e. The molecule has 0 spiro atoms. The molecule has 0 amide bonds. The lowest BCUT2D eigenvalue weighted by atomic mass is 9.92. The molecule has 2 rings (SSSR count). The third kappa shape index (κ3) is 3.08. The van der Waals surface area contributed by atoms with Gasteiger partial charge in [-0.05, 0) is 48.8 Å². The highest BCUT2D eigenvalue weighted by Crippen LogP contribution is 2.33. The van der Waals surface area contributed by atoms with Gasteiger partial charge in [-0.25, -0.2) is 0 Å². The van der Waals surface area contributed by atoms with Crippen LogP contribution < -0.4 is 5.73 Å². The van der Waals surface area contributed by atoms with Crippen molar-refractivity contribution in [1.29, 1.82) is 0 Å². The molecule has 0 aliphatic heterocycles. The van der Waals surface area contributed by atoms with Crippen LogP contribution in [0.2, 0.25) is 0 Å². The van der Waals surface area contributed by atoms with Gasteiger partial charge in [0.2, 0.25) is 0 Å². The number of nitrogens with two attached hydrogens (primary N) is 1. The Hall–Kier alpha value is -0.340. The van der Waals surface area contributed by atoms with Gasteiger partial charge < -0.3 is 5.73 Å². The Morgan fingerprint density at radius 1 is 1.44 bits per heavy atom. The number of rotatable bonds is 3. The molecule has 1 nitrogen and oxygen atoms in total. The van der Waals surface area contributed by atoms with Crippen molar-refractivity contribution in [3.05, 3.63) is 34.3 Å². The quantitative estimate of drug-likeness (QED) is 0.897. The summed E-state index contributed by atoms with van der Waals surface area (Å²) in [5.41, 5.74) is 7.66. The third-order valence-corrected chi connectivity index (χ3v) is 4.19. The smallest absolute Gasteiger partial charge is 0.0178 e. The standard InChI is InChI=1S/C14H20BrN/c1-10-5-6-12(7-10)14(16)9-11-3-2-4-13(15)8-11/h2-4,8,10,12,14H,5-7,9,16H2,1H3. The zero-order valence-electron chi connectivity index (χ0n) is 9.83. The molecule has 88 valence electrons. The first-order valence-electron chi connectivity index (χ1n) is 6.15. The van der Waals surface area contributed by atoms with E-state index in [-0.39, 0.29) is 0 Å². The Bertz CT molecular complexity index is 350. The highest BCUT2D eigenvalue weighted by atomic mass is 79.9. The molecule has 0 heterocycles. The van der Waals surface area contributed by atoms with Gasteiger partial charge in [-0.15, -0.1) is 0 Å². The van der Waals surface area contributed by atoms with E-state index < -0.39 is 0 Å². The van der Waals surface area contributed by atoms with E-state index in [4.69, 9.17) is 5.73 Å². The van der Waals surface area contributed by atoms with Gasteiger partial charge in [0, 0.05) is 10.5 Å². The first-order valence-corrected chi connectivity index (χ1v) is 6.94. The van der Waals surface area contributed by atoms with E-state index >= 15 is 0 Å². The van der Waals surface area contributed by atoms with E-state index in [1.54, 1.807) is 0 Å². The second-order valence-corrected chi connectivity index (χ2v) is 6.09. The van der Waals surface area contributed by atoms with Crippen molar-refractivity contribution in [3.8, 4) is 0 Å². The fourth-order valence-corrected chi connectivity index (χ4v) is 3.19. The monoisotopic (exact) mass is 281 g/mol. The fourth-order valence-electron chi connectivity index (χ4n) is 2.74. The topological polar surface area (TPSA) is 26.0 Å². The van der Waals surface area contributed by atoms with Crippen LogP contribution in [0.5, 0.6) is 0 Å². The molecule has 2 heteroatoms. The van der Waals surface area contributed by atoms with E-state index in [9.17, 15) is 0 Å². The summed E-state index contributed by atoms with van der Waals surface area (Å²) in [4.78, 5) is 0. The summed E-state index contributed by atoms with van der Waals surface area (Å²) < 4.78 is 1.15. The van der Waals surface area contributed by atoms with Crippen molar-refractivity contribution < 1.29 is 0 Å². The van der Waals surface area contributed by atoms with Crippen LogP contribution in [0.3, 0.4) is 0 Å². The van der Waals surface area contributed by atoms with Crippen LogP contribution in [0.15, 0.2) is 28.7 Å². The molecule has 0 bridgehead atoms. The summed E-state index contributed by atoms with van der Waals surface area (Å²) in [5, 5.41) is 0. The summed E-state index contributed by atoms with van der Waals surface area (Å²) in [6.07, 6.45) is 5.00. The molecule has 1 saturated carbocycles. The molecule has 0 radical (unpaired) electrons. The number of hydrogen-bond acceptors (Lipinski definition) is 1. The van der Waals surface area contributed by atoms with Gasteiger partial charge in [0.1, 0.15) is 0 Å². The summed E-state index contributed by atoms with van der Waals surface area (Å²) in [7, 11) is 0. The first kappa shape index (κ1) is 12.1. The van der Waals surface area contributed by atoms with Crippen LogP contribution in [-0.4, -0.2) is 6.04 Å². The van der Waals surface area contributed by atoms with Crippen molar-refractivity contribution in [1.82, 2.24) is 0 Å². The van der Waals surface area contributed by atoms with Crippen molar-refractivity contribution in [2.45, 2.75) is 38.6 Å². The maximum Gasteiger partial charge on any atom is 0.0178 e. The Labute approximate surface area is 107 Å². The van der Waals surface area contributed by atoms with Crippen LogP contribution in [0.25, 0.3) is 0 Å². The Morgan fingerprint density at radius 3 is 2.88 bits per heavy atom. The van der Waals surface area contributed by atoms with Crippen molar-refractivity contribution >= 4 is 15.9 Å². The van der Waals surface area contributed by atoms with Gasteiger partial charge in [0.25, 0.3) is 0 Å². The predicted molar refractivity (Wildman–Crippen MR) is 72.3 cm³/mol. The minimum Gasteiger partial charge on any atom is -0.327 e. The van der Waals surface area contributed by atoms with Gasteiger partial charge in [-0.2, -0.15) is 0 Å². The van der Waals surface area contributed by atoms with Crippen molar-refractivity contribution in [2.24, 2.45) is 17.6 Å². The molecule has 1 aliphatic rings. The highest BCUT2D eigenvalue weighted by Gasteiger charge is 2.26. The Kier molecular flexibility index (Phi) is 4.04. The molecule has 1 aromatic carbocycles. The second-order valence-electron chi connectivity index (χ2n) is 5.18. The van der Waals surface area contributed by atoms with Crippen LogP contribution >= 0.6 is 15.9 Å². The van der Waals surface area contributed by atoms with Crippen molar-refractivity contribution in [2.75, 3.05) is 0 Å². The normalized spacial score (nSPS) is 26.9. The maximum absolute atomic E-state index is 6.31. The fraction of sp³-hybridized carbons (Fsp3) is 0.571. The van der Waals surface area contributed by atoms with E-state index in [0.29, 0.717) is 6.04 Å². The Morgan fingerprint density at radius 2 is 2.25 bits per heavy atom. The third-order valence-electron chi connectivity index (χ3n) is 3.70. The van der Waals surface area contributed by atoms with Gasteiger partial charge in [-0.1, -0.05) is 41.4 Å². The number of benzene rings is 1. The highest BCUT2D eigenvalue weighted by molar-refractivity contribution is 9.10. The zero-order chi connectivity index (χ0) is 11.5. The second kappa shape index (κ2) is 5.33. The molecular weight excluding hydrogens is 262 g/mol. The average Bonchev–Trinajstić information content (AvgIpc) is 2.65. The van der Waals surface area contributed by atoms with Gasteiger partial charge in [0.05, 0.1) is 0 Å². The molecular formula is C14H20BrN. The lowest BCUT2D eigenvalue weighted by Crippen LogP contribution is -2.30. The molecule has 16 heavy (non-hydrogen) atoms. The number of halogens is 1. The van der Waals surface area contributed by atoms with Crippen LogP contribution in [0.1, 0.15) is 31.7 Å². The molecule has 1 fully saturated rings. The predicted octanol–water partition coefficient (Wildman–Crippen LogP) is 3.76. The van der Waals surface area contributed by atoms with Crippen LogP contribution in [0, 0.1) is 11.8 Å². The summed E-state index contributed by atoms with van der Waals surface area (Å²) in [5.74, 6) is 1.60. The molecule has 2 N–H and O–H groups in total. The molecule has 1 aromatic rings. The molecule has 0 saturated heterocycles. The van der Waals surface area contributed by atoms with E-state index in [2.05, 4.69) is 47.1 Å². The average molecular weight is 282 g/mol. The summed E-state index contributed by atoms with van der Waals surface area (Å²) in [6, 6.07) is 8.83. The minimum atomic E-state index is 0.333. The van der Waals surface area contributed by atoms with Crippen LogP contribution in [0.4, 0.5) is 0 Å². The summed E-state index contributed by atoms with van der Waals surface area (Å²) in [6.45, 7) is 2.34. The van der Waals surface area contributed by atoms with E-state index in [1.165, 1.54) is 24.8 Å². The zero-order valence-corrected chi connectivity index (χ0v) is 11.4. The lowest BCUT2D eigenvalue weighted by Gasteiger charge is -2.19. The summed E-state index contributed by atoms with van der Waals surface area (Å²) >= 11 is 3.50. The first-order chi connectivity index (χ1) is 7.65. The SMILES string of the molecule is CC1CCC(C(N)Cc2cccc(Br)c2)C1.